The van der Waals surface area contributed by atoms with Crippen LogP contribution in [0.3, 0.4) is 0 Å². The first kappa shape index (κ1) is 27.4. The van der Waals surface area contributed by atoms with Gasteiger partial charge in [-0.25, -0.2) is 0 Å². The van der Waals surface area contributed by atoms with Gasteiger partial charge in [-0.1, -0.05) is 55.0 Å². The van der Waals surface area contributed by atoms with Gasteiger partial charge in [-0.05, 0) is 76.1 Å². The third-order valence-corrected chi connectivity index (χ3v) is 8.54. The second-order valence-corrected chi connectivity index (χ2v) is 12.5. The molecule has 2 atom stereocenters. The van der Waals surface area contributed by atoms with Crippen molar-refractivity contribution in [3.63, 3.8) is 0 Å². The molecule has 0 spiro atoms. The van der Waals surface area contributed by atoms with Gasteiger partial charge in [0.1, 0.15) is 11.4 Å². The molecule has 7 heteroatoms. The Kier molecular flexibility index (Phi) is 7.55. The van der Waals surface area contributed by atoms with E-state index in [9.17, 15) is 9.90 Å². The number of aromatic nitrogens is 3. The molecule has 1 aliphatic carbocycles. The smallest absolute Gasteiger partial charge is 0.309 e. The minimum Gasteiger partial charge on any atom is -0.486 e. The number of ether oxygens (including phenoxy) is 1. The molecule has 208 valence electrons. The lowest BCUT2D eigenvalue weighted by Gasteiger charge is -2.35. The van der Waals surface area contributed by atoms with E-state index >= 15 is 0 Å². The van der Waals surface area contributed by atoms with Crippen LogP contribution in [0.15, 0.2) is 48.7 Å². The average Bonchev–Trinajstić information content (AvgIpc) is 3.48. The van der Waals surface area contributed by atoms with E-state index in [0.717, 1.165) is 55.8 Å². The van der Waals surface area contributed by atoms with E-state index in [1.54, 1.807) is 0 Å². The summed E-state index contributed by atoms with van der Waals surface area (Å²) in [5, 5.41) is 18.8. The summed E-state index contributed by atoms with van der Waals surface area (Å²) in [4.78, 5) is 15.0. The van der Waals surface area contributed by atoms with Crippen molar-refractivity contribution in [2.24, 2.45) is 5.41 Å². The van der Waals surface area contributed by atoms with Crippen molar-refractivity contribution in [1.82, 2.24) is 19.9 Å². The Bertz CT molecular complexity index is 1330. The quantitative estimate of drug-likeness (QED) is 0.356. The van der Waals surface area contributed by atoms with Crippen molar-refractivity contribution >= 4 is 5.97 Å². The number of hydrogen-bond acceptors (Lipinski definition) is 5. The zero-order valence-electron chi connectivity index (χ0n) is 24.0. The second kappa shape index (κ2) is 10.8. The fourth-order valence-electron chi connectivity index (χ4n) is 6.42. The molecule has 0 amide bonds. The molecule has 2 unspecified atom stereocenters. The topological polar surface area (TPSA) is 80.5 Å². The molecule has 3 aromatic rings. The zero-order valence-corrected chi connectivity index (χ0v) is 24.0. The van der Waals surface area contributed by atoms with Crippen molar-refractivity contribution in [3.8, 4) is 5.75 Å². The molecule has 0 saturated heterocycles. The first-order valence-electron chi connectivity index (χ1n) is 14.3. The molecule has 7 nitrogen and oxygen atoms in total. The van der Waals surface area contributed by atoms with Gasteiger partial charge in [-0.3, -0.25) is 14.4 Å². The minimum atomic E-state index is -0.924. The highest BCUT2D eigenvalue weighted by Crippen LogP contribution is 2.44. The standard InChI is InChI=1S/C32H42N4O3/c1-6-9-25-20-36(34-33-25)17-16-27(32(4,5)30(37)38)23-13-12-22-14-15-28(26(22)18-23)35-19-24-10-7-8-11-29(24)39-31(2,3)21-35/h7-8,10-13,18,20,27-28H,6,9,14-17,19,21H2,1-5H3,(H,37,38). The predicted molar refractivity (Wildman–Crippen MR) is 152 cm³/mol. The number of carbonyl (C=O) groups is 1. The van der Waals surface area contributed by atoms with Crippen molar-refractivity contribution < 1.29 is 14.6 Å². The summed E-state index contributed by atoms with van der Waals surface area (Å²) >= 11 is 0. The van der Waals surface area contributed by atoms with E-state index in [-0.39, 0.29) is 17.6 Å². The summed E-state index contributed by atoms with van der Waals surface area (Å²) < 4.78 is 8.29. The maximum absolute atomic E-state index is 12.5. The summed E-state index contributed by atoms with van der Waals surface area (Å²) in [7, 11) is 0. The predicted octanol–water partition coefficient (Wildman–Crippen LogP) is 6.18. The number of nitrogens with zero attached hydrogens (tertiary/aromatic N) is 4. The maximum Gasteiger partial charge on any atom is 0.309 e. The lowest BCUT2D eigenvalue weighted by atomic mass is 9.72. The van der Waals surface area contributed by atoms with Crippen LogP contribution < -0.4 is 4.74 Å². The van der Waals surface area contributed by atoms with Gasteiger partial charge < -0.3 is 9.84 Å². The number of rotatable bonds is 9. The molecule has 0 bridgehead atoms. The van der Waals surface area contributed by atoms with Gasteiger partial charge in [-0.2, -0.15) is 0 Å². The fraction of sp³-hybridized carbons (Fsp3) is 0.531. The Morgan fingerprint density at radius 2 is 2.00 bits per heavy atom. The third kappa shape index (κ3) is 5.74. The van der Waals surface area contributed by atoms with Crippen LogP contribution in [0.1, 0.15) is 93.8 Å². The molecular weight excluding hydrogens is 488 g/mol. The molecule has 0 saturated carbocycles. The van der Waals surface area contributed by atoms with Crippen LogP contribution in [0.25, 0.3) is 0 Å². The van der Waals surface area contributed by atoms with E-state index < -0.39 is 11.4 Å². The summed E-state index contributed by atoms with van der Waals surface area (Å²) in [5.41, 5.74) is 4.76. The molecule has 39 heavy (non-hydrogen) atoms. The van der Waals surface area contributed by atoms with Gasteiger partial charge in [0.25, 0.3) is 0 Å². The van der Waals surface area contributed by atoms with E-state index in [1.807, 2.05) is 30.8 Å². The van der Waals surface area contributed by atoms with Gasteiger partial charge in [0.15, 0.2) is 0 Å². The molecule has 5 rings (SSSR count). The fourth-order valence-corrected chi connectivity index (χ4v) is 6.42. The summed E-state index contributed by atoms with van der Waals surface area (Å²) in [6.07, 6.45) is 6.69. The molecule has 1 N–H and O–H groups in total. The first-order valence-corrected chi connectivity index (χ1v) is 14.3. The lowest BCUT2D eigenvalue weighted by Crippen LogP contribution is -2.41. The second-order valence-electron chi connectivity index (χ2n) is 12.5. The Labute approximate surface area is 232 Å². The molecule has 2 heterocycles. The van der Waals surface area contributed by atoms with Crippen LogP contribution in [0.2, 0.25) is 0 Å². The van der Waals surface area contributed by atoms with Crippen molar-refractivity contribution in [2.45, 2.75) is 97.4 Å². The molecular formula is C32H42N4O3. The zero-order chi connectivity index (χ0) is 27.8. The minimum absolute atomic E-state index is 0.162. The number of para-hydroxylation sites is 1. The van der Waals surface area contributed by atoms with E-state index in [2.05, 4.69) is 72.4 Å². The SMILES string of the molecule is CCCc1cn(CCC(c2ccc3c(c2)C(N2Cc4ccccc4OC(C)(C)C2)CC3)C(C)(C)C(=O)O)nn1. The van der Waals surface area contributed by atoms with Crippen LogP contribution in [-0.2, 0) is 30.7 Å². The highest BCUT2D eigenvalue weighted by Gasteiger charge is 2.40. The monoisotopic (exact) mass is 530 g/mol. The highest BCUT2D eigenvalue weighted by atomic mass is 16.5. The van der Waals surface area contributed by atoms with Crippen molar-refractivity contribution in [3.05, 3.63) is 76.6 Å². The van der Waals surface area contributed by atoms with Crippen LogP contribution >= 0.6 is 0 Å². The van der Waals surface area contributed by atoms with Gasteiger partial charge in [0.05, 0.1) is 11.1 Å². The Hall–Kier alpha value is -3.19. The van der Waals surface area contributed by atoms with Crippen LogP contribution in [0.5, 0.6) is 5.75 Å². The average molecular weight is 531 g/mol. The van der Waals surface area contributed by atoms with Crippen LogP contribution in [0, 0.1) is 5.41 Å². The lowest BCUT2D eigenvalue weighted by molar-refractivity contribution is -0.148. The number of fused-ring (bicyclic) bond motifs is 2. The molecule has 1 aliphatic heterocycles. The number of hydrogen-bond donors (Lipinski definition) is 1. The summed E-state index contributed by atoms with van der Waals surface area (Å²) in [6.45, 7) is 12.4. The Morgan fingerprint density at radius 3 is 2.77 bits per heavy atom. The summed E-state index contributed by atoms with van der Waals surface area (Å²) in [6, 6.07) is 15.3. The van der Waals surface area contributed by atoms with Crippen LogP contribution in [-0.4, -0.2) is 43.1 Å². The molecule has 1 aromatic heterocycles. The van der Waals surface area contributed by atoms with Crippen molar-refractivity contribution in [2.75, 3.05) is 6.54 Å². The Balaban J connectivity index is 1.44. The molecule has 0 fully saturated rings. The van der Waals surface area contributed by atoms with E-state index in [1.165, 1.54) is 16.7 Å². The van der Waals surface area contributed by atoms with E-state index in [4.69, 9.17) is 4.74 Å². The van der Waals surface area contributed by atoms with Gasteiger partial charge in [0, 0.05) is 43.4 Å². The number of benzene rings is 2. The van der Waals surface area contributed by atoms with E-state index in [0.29, 0.717) is 13.0 Å². The Morgan fingerprint density at radius 1 is 1.21 bits per heavy atom. The normalized spacial score (nSPS) is 19.6. The van der Waals surface area contributed by atoms with Crippen LogP contribution in [0.4, 0.5) is 0 Å². The van der Waals surface area contributed by atoms with Crippen molar-refractivity contribution in [1.29, 1.82) is 0 Å². The maximum atomic E-state index is 12.5. The van der Waals surface area contributed by atoms with Gasteiger partial charge in [-0.15, -0.1) is 5.10 Å². The number of aryl methyl sites for hydroxylation is 3. The number of aliphatic carboxylic acids is 1. The number of carboxylic acids is 1. The van der Waals surface area contributed by atoms with Gasteiger partial charge in [0.2, 0.25) is 0 Å². The summed E-state index contributed by atoms with van der Waals surface area (Å²) in [5.74, 6) is 0.0262. The molecule has 2 aromatic carbocycles. The number of carboxylic acid groups (broad SMARTS) is 1. The largest absolute Gasteiger partial charge is 0.486 e. The van der Waals surface area contributed by atoms with Gasteiger partial charge >= 0.3 is 5.97 Å². The molecule has 0 radical (unpaired) electrons. The highest BCUT2D eigenvalue weighted by molar-refractivity contribution is 5.75. The third-order valence-electron chi connectivity index (χ3n) is 8.54. The molecule has 2 aliphatic rings. The first-order chi connectivity index (χ1) is 18.6.